The summed E-state index contributed by atoms with van der Waals surface area (Å²) in [6.45, 7) is 4.47. The average Bonchev–Trinajstić information content (AvgIpc) is 2.99. The summed E-state index contributed by atoms with van der Waals surface area (Å²) in [5.74, 6) is -0.354. The van der Waals surface area contributed by atoms with Crippen LogP contribution in [0.5, 0.6) is 0 Å². The molecule has 1 aliphatic rings. The maximum Gasteiger partial charge on any atom is 0.328 e. The van der Waals surface area contributed by atoms with Gasteiger partial charge < -0.3 is 9.64 Å². The van der Waals surface area contributed by atoms with Crippen molar-refractivity contribution >= 4 is 11.9 Å². The zero-order valence-corrected chi connectivity index (χ0v) is 12.5. The zero-order chi connectivity index (χ0) is 14.9. The van der Waals surface area contributed by atoms with Gasteiger partial charge in [-0.3, -0.25) is 9.48 Å². The van der Waals surface area contributed by atoms with Gasteiger partial charge in [-0.05, 0) is 26.7 Å². The number of methoxy groups -OCH3 is 1. The first-order valence-corrected chi connectivity index (χ1v) is 6.82. The van der Waals surface area contributed by atoms with Gasteiger partial charge in [0, 0.05) is 24.8 Å². The van der Waals surface area contributed by atoms with Crippen molar-refractivity contribution in [3.8, 4) is 0 Å². The van der Waals surface area contributed by atoms with E-state index in [9.17, 15) is 9.59 Å². The minimum atomic E-state index is -0.426. The number of ether oxygens (including phenoxy) is 1. The average molecular weight is 279 g/mol. The molecule has 1 amide bonds. The summed E-state index contributed by atoms with van der Waals surface area (Å²) < 4.78 is 6.54. The Morgan fingerprint density at radius 3 is 2.65 bits per heavy atom. The molecular weight excluding hydrogens is 258 g/mol. The van der Waals surface area contributed by atoms with Gasteiger partial charge in [0.25, 0.3) is 0 Å². The van der Waals surface area contributed by atoms with Crippen LogP contribution in [0.15, 0.2) is 0 Å². The Bertz CT molecular complexity index is 536. The standard InChI is InChI=1S/C14H21N3O3/c1-9-11(10(2)16(3)15-9)8-13(18)17-7-5-6-12(17)14(19)20-4/h12H,5-8H2,1-4H3. The molecule has 1 aliphatic heterocycles. The predicted octanol–water partition coefficient (Wildman–Crippen LogP) is 0.743. The quantitative estimate of drug-likeness (QED) is 0.766. The lowest BCUT2D eigenvalue weighted by Gasteiger charge is -2.22. The van der Waals surface area contributed by atoms with Crippen molar-refractivity contribution in [3.05, 3.63) is 17.0 Å². The third-order valence-electron chi connectivity index (χ3n) is 4.03. The van der Waals surface area contributed by atoms with E-state index >= 15 is 0 Å². The molecule has 20 heavy (non-hydrogen) atoms. The smallest absolute Gasteiger partial charge is 0.328 e. The predicted molar refractivity (Wildman–Crippen MR) is 73.1 cm³/mol. The molecule has 6 heteroatoms. The van der Waals surface area contributed by atoms with E-state index in [-0.39, 0.29) is 11.9 Å². The second kappa shape index (κ2) is 5.64. The molecule has 110 valence electrons. The molecule has 0 aromatic carbocycles. The third-order valence-corrected chi connectivity index (χ3v) is 4.03. The Morgan fingerprint density at radius 1 is 1.40 bits per heavy atom. The first kappa shape index (κ1) is 14.6. The number of carbonyl (C=O) groups excluding carboxylic acids is 2. The van der Waals surface area contributed by atoms with Crippen LogP contribution >= 0.6 is 0 Å². The molecule has 0 radical (unpaired) electrons. The number of esters is 1. The molecule has 0 N–H and O–H groups in total. The van der Waals surface area contributed by atoms with Gasteiger partial charge in [0.1, 0.15) is 6.04 Å². The van der Waals surface area contributed by atoms with Crippen LogP contribution in [-0.2, 0) is 27.8 Å². The highest BCUT2D eigenvalue weighted by Gasteiger charge is 2.35. The maximum atomic E-state index is 12.4. The number of hydrogen-bond donors (Lipinski definition) is 0. The molecule has 1 atom stereocenters. The molecule has 1 aromatic heterocycles. The summed E-state index contributed by atoms with van der Waals surface area (Å²) in [4.78, 5) is 25.8. The van der Waals surface area contributed by atoms with Gasteiger partial charge in [-0.2, -0.15) is 5.10 Å². The molecular formula is C14H21N3O3. The number of likely N-dealkylation sites (tertiary alicyclic amines) is 1. The van der Waals surface area contributed by atoms with E-state index in [1.807, 2.05) is 20.9 Å². The summed E-state index contributed by atoms with van der Waals surface area (Å²) in [5.41, 5.74) is 2.81. The molecule has 1 unspecified atom stereocenters. The minimum Gasteiger partial charge on any atom is -0.467 e. The van der Waals surface area contributed by atoms with Crippen LogP contribution in [0.25, 0.3) is 0 Å². The third kappa shape index (κ3) is 2.55. The van der Waals surface area contributed by atoms with Crippen LogP contribution in [0.4, 0.5) is 0 Å². The Morgan fingerprint density at radius 2 is 2.10 bits per heavy atom. The van der Waals surface area contributed by atoms with Crippen molar-refractivity contribution in [2.24, 2.45) is 7.05 Å². The van der Waals surface area contributed by atoms with Crippen LogP contribution < -0.4 is 0 Å². The van der Waals surface area contributed by atoms with Gasteiger partial charge in [-0.25, -0.2) is 4.79 Å². The number of aryl methyl sites for hydroxylation is 2. The van der Waals surface area contributed by atoms with Crippen LogP contribution in [0.1, 0.15) is 29.8 Å². The molecule has 1 fully saturated rings. The van der Waals surface area contributed by atoms with E-state index in [1.54, 1.807) is 9.58 Å². The fraction of sp³-hybridized carbons (Fsp3) is 0.643. The van der Waals surface area contributed by atoms with Crippen molar-refractivity contribution in [1.82, 2.24) is 14.7 Å². The summed E-state index contributed by atoms with van der Waals surface area (Å²) in [7, 11) is 3.22. The Labute approximate surface area is 118 Å². The van der Waals surface area contributed by atoms with E-state index in [0.29, 0.717) is 19.4 Å². The minimum absolute atomic E-state index is 0.0305. The van der Waals surface area contributed by atoms with Crippen LogP contribution in [0.2, 0.25) is 0 Å². The molecule has 1 aromatic rings. The van der Waals surface area contributed by atoms with Gasteiger partial charge in [0.15, 0.2) is 0 Å². The number of amides is 1. The molecule has 0 spiro atoms. The topological polar surface area (TPSA) is 64.4 Å². The van der Waals surface area contributed by atoms with Crippen LogP contribution in [0, 0.1) is 13.8 Å². The van der Waals surface area contributed by atoms with Gasteiger partial charge in [-0.15, -0.1) is 0 Å². The normalized spacial score (nSPS) is 18.4. The lowest BCUT2D eigenvalue weighted by molar-refractivity contribution is -0.150. The van der Waals surface area contributed by atoms with E-state index in [1.165, 1.54) is 7.11 Å². The maximum absolute atomic E-state index is 12.4. The van der Waals surface area contributed by atoms with E-state index in [4.69, 9.17) is 4.74 Å². The number of carbonyl (C=O) groups is 2. The summed E-state index contributed by atoms with van der Waals surface area (Å²) in [6.07, 6.45) is 1.82. The van der Waals surface area contributed by atoms with Gasteiger partial charge in [0.2, 0.25) is 5.91 Å². The Hall–Kier alpha value is -1.85. The van der Waals surface area contributed by atoms with Crippen molar-refractivity contribution in [2.75, 3.05) is 13.7 Å². The number of hydrogen-bond acceptors (Lipinski definition) is 4. The lowest BCUT2D eigenvalue weighted by atomic mass is 10.1. The second-order valence-electron chi connectivity index (χ2n) is 5.22. The first-order chi connectivity index (χ1) is 9.45. The van der Waals surface area contributed by atoms with Crippen molar-refractivity contribution in [3.63, 3.8) is 0 Å². The SMILES string of the molecule is COC(=O)C1CCCN1C(=O)Cc1c(C)nn(C)c1C. The molecule has 2 heterocycles. The highest BCUT2D eigenvalue weighted by Crippen LogP contribution is 2.21. The monoisotopic (exact) mass is 279 g/mol. The molecule has 1 saturated heterocycles. The lowest BCUT2D eigenvalue weighted by Crippen LogP contribution is -2.41. The highest BCUT2D eigenvalue weighted by molar-refractivity contribution is 5.86. The van der Waals surface area contributed by atoms with Crippen LogP contribution in [0.3, 0.4) is 0 Å². The summed E-state index contributed by atoms with van der Waals surface area (Å²) >= 11 is 0. The zero-order valence-electron chi connectivity index (χ0n) is 12.5. The summed E-state index contributed by atoms with van der Waals surface area (Å²) in [5, 5.41) is 4.31. The van der Waals surface area contributed by atoms with Gasteiger partial charge in [-0.1, -0.05) is 0 Å². The van der Waals surface area contributed by atoms with Crippen molar-refractivity contribution in [1.29, 1.82) is 0 Å². The van der Waals surface area contributed by atoms with E-state index < -0.39 is 6.04 Å². The highest BCUT2D eigenvalue weighted by atomic mass is 16.5. The fourth-order valence-corrected chi connectivity index (χ4v) is 2.77. The van der Waals surface area contributed by atoms with Gasteiger partial charge >= 0.3 is 5.97 Å². The fourth-order valence-electron chi connectivity index (χ4n) is 2.77. The molecule has 6 nitrogen and oxygen atoms in total. The second-order valence-corrected chi connectivity index (χ2v) is 5.22. The van der Waals surface area contributed by atoms with E-state index in [2.05, 4.69) is 5.10 Å². The Kier molecular flexibility index (Phi) is 4.11. The number of rotatable bonds is 3. The first-order valence-electron chi connectivity index (χ1n) is 6.82. The number of aromatic nitrogens is 2. The van der Waals surface area contributed by atoms with Crippen molar-refractivity contribution in [2.45, 2.75) is 39.2 Å². The molecule has 0 aliphatic carbocycles. The van der Waals surface area contributed by atoms with E-state index in [0.717, 1.165) is 23.4 Å². The molecule has 2 rings (SSSR count). The largest absolute Gasteiger partial charge is 0.467 e. The van der Waals surface area contributed by atoms with Crippen molar-refractivity contribution < 1.29 is 14.3 Å². The number of nitrogens with zero attached hydrogens (tertiary/aromatic N) is 3. The molecule has 0 saturated carbocycles. The van der Waals surface area contributed by atoms with Crippen LogP contribution in [-0.4, -0.2) is 46.3 Å². The summed E-state index contributed by atoms with van der Waals surface area (Å²) in [6, 6.07) is -0.426. The van der Waals surface area contributed by atoms with Gasteiger partial charge in [0.05, 0.1) is 19.2 Å². The molecule has 0 bridgehead atoms. The Balaban J connectivity index is 2.13.